The van der Waals surface area contributed by atoms with Crippen LogP contribution in [0.2, 0.25) is 0 Å². The number of hydrazine groups is 1. The maximum atomic E-state index is 12.0. The van der Waals surface area contributed by atoms with Gasteiger partial charge in [0.15, 0.2) is 0 Å². The van der Waals surface area contributed by atoms with Gasteiger partial charge < -0.3 is 4.90 Å². The second-order valence-electron chi connectivity index (χ2n) is 4.78. The fourth-order valence-electron chi connectivity index (χ4n) is 1.88. The molecule has 0 aliphatic rings. The van der Waals surface area contributed by atoms with Gasteiger partial charge in [-0.05, 0) is 38.4 Å². The smallest absolute Gasteiger partial charge is 0.252 e. The zero-order chi connectivity index (χ0) is 14.4. The molecule has 0 heterocycles. The lowest BCUT2D eigenvalue weighted by atomic mass is 10.2. The zero-order valence-corrected chi connectivity index (χ0v) is 11.8. The average Bonchev–Trinajstić information content (AvgIpc) is 2.46. The SMILES string of the molecule is CN(C)CC(=O)NN(c1ccccc1)c1ccccc1. The molecule has 20 heavy (non-hydrogen) atoms. The highest BCUT2D eigenvalue weighted by Crippen LogP contribution is 2.22. The lowest BCUT2D eigenvalue weighted by Gasteiger charge is -2.26. The third-order valence-corrected chi connectivity index (χ3v) is 2.73. The van der Waals surface area contributed by atoms with Crippen LogP contribution in [0.3, 0.4) is 0 Å². The van der Waals surface area contributed by atoms with E-state index in [0.717, 1.165) is 11.4 Å². The standard InChI is InChI=1S/C16H19N3O/c1-18(2)13-16(20)17-19(14-9-5-3-6-10-14)15-11-7-4-8-12-15/h3-12H,13H2,1-2H3,(H,17,20). The van der Waals surface area contributed by atoms with Crippen LogP contribution < -0.4 is 10.4 Å². The summed E-state index contributed by atoms with van der Waals surface area (Å²) in [7, 11) is 3.74. The third kappa shape index (κ3) is 3.83. The summed E-state index contributed by atoms with van der Waals surface area (Å²) in [5, 5.41) is 1.80. The first-order valence-corrected chi connectivity index (χ1v) is 6.51. The van der Waals surface area contributed by atoms with Gasteiger partial charge in [0, 0.05) is 0 Å². The van der Waals surface area contributed by atoms with E-state index in [2.05, 4.69) is 5.43 Å². The molecule has 4 heteroatoms. The molecule has 0 fully saturated rings. The Morgan fingerprint density at radius 1 is 0.900 bits per heavy atom. The average molecular weight is 269 g/mol. The molecular formula is C16H19N3O. The second-order valence-corrected chi connectivity index (χ2v) is 4.78. The maximum Gasteiger partial charge on any atom is 0.252 e. The number of nitrogens with zero attached hydrogens (tertiary/aromatic N) is 2. The van der Waals surface area contributed by atoms with Gasteiger partial charge in [0.2, 0.25) is 0 Å². The van der Waals surface area contributed by atoms with E-state index in [-0.39, 0.29) is 5.91 Å². The lowest BCUT2D eigenvalue weighted by molar-refractivity contribution is -0.121. The second kappa shape index (κ2) is 6.73. The largest absolute Gasteiger partial charge is 0.301 e. The van der Waals surface area contributed by atoms with Gasteiger partial charge in [-0.1, -0.05) is 36.4 Å². The van der Waals surface area contributed by atoms with Crippen LogP contribution in [0.15, 0.2) is 60.7 Å². The van der Waals surface area contributed by atoms with Gasteiger partial charge in [0.1, 0.15) is 0 Å². The molecule has 0 radical (unpaired) electrons. The fourth-order valence-corrected chi connectivity index (χ4v) is 1.88. The molecule has 0 bridgehead atoms. The van der Waals surface area contributed by atoms with Crippen molar-refractivity contribution in [1.82, 2.24) is 10.3 Å². The summed E-state index contributed by atoms with van der Waals surface area (Å²) in [6.45, 7) is 0.343. The minimum absolute atomic E-state index is 0.0530. The van der Waals surface area contributed by atoms with Crippen LogP contribution in [0.25, 0.3) is 0 Å². The van der Waals surface area contributed by atoms with E-state index in [1.54, 1.807) is 5.01 Å². The third-order valence-electron chi connectivity index (χ3n) is 2.73. The molecule has 0 spiro atoms. The van der Waals surface area contributed by atoms with Crippen LogP contribution in [0.1, 0.15) is 0 Å². The van der Waals surface area contributed by atoms with Crippen molar-refractivity contribution in [2.75, 3.05) is 25.6 Å². The highest BCUT2D eigenvalue weighted by molar-refractivity contribution is 5.82. The summed E-state index contributed by atoms with van der Waals surface area (Å²) in [5.74, 6) is -0.0530. The first kappa shape index (κ1) is 14.1. The van der Waals surface area contributed by atoms with Crippen molar-refractivity contribution < 1.29 is 4.79 Å². The highest BCUT2D eigenvalue weighted by atomic mass is 16.2. The minimum Gasteiger partial charge on any atom is -0.301 e. The van der Waals surface area contributed by atoms with Crippen LogP contribution in [0.5, 0.6) is 0 Å². The monoisotopic (exact) mass is 269 g/mol. The Bertz CT molecular complexity index is 501. The minimum atomic E-state index is -0.0530. The zero-order valence-electron chi connectivity index (χ0n) is 11.8. The van der Waals surface area contributed by atoms with Crippen LogP contribution >= 0.6 is 0 Å². The van der Waals surface area contributed by atoms with Crippen LogP contribution in [-0.4, -0.2) is 31.4 Å². The first-order valence-electron chi connectivity index (χ1n) is 6.51. The van der Waals surface area contributed by atoms with Gasteiger partial charge in [0.25, 0.3) is 5.91 Å². The molecule has 0 saturated carbocycles. The van der Waals surface area contributed by atoms with Crippen molar-refractivity contribution >= 4 is 17.3 Å². The number of rotatable bonds is 5. The quantitative estimate of drug-likeness (QED) is 0.847. The lowest BCUT2D eigenvalue weighted by Crippen LogP contribution is -2.43. The Labute approximate surface area is 119 Å². The highest BCUT2D eigenvalue weighted by Gasteiger charge is 2.12. The van der Waals surface area contributed by atoms with Crippen LogP contribution in [0, 0.1) is 0 Å². The van der Waals surface area contributed by atoms with Gasteiger partial charge in [-0.25, -0.2) is 0 Å². The summed E-state index contributed by atoms with van der Waals surface area (Å²) in [6.07, 6.45) is 0. The number of carbonyl (C=O) groups excluding carboxylic acids is 1. The predicted molar refractivity (Wildman–Crippen MR) is 81.7 cm³/mol. The number of nitrogens with one attached hydrogen (secondary N) is 1. The van der Waals surface area contributed by atoms with Crippen molar-refractivity contribution in [1.29, 1.82) is 0 Å². The molecule has 4 nitrogen and oxygen atoms in total. The Kier molecular flexibility index (Phi) is 4.74. The van der Waals surface area contributed by atoms with Crippen LogP contribution in [0.4, 0.5) is 11.4 Å². The number of anilines is 2. The van der Waals surface area contributed by atoms with E-state index in [4.69, 9.17) is 0 Å². The molecule has 0 aromatic heterocycles. The van der Waals surface area contributed by atoms with Gasteiger partial charge >= 0.3 is 0 Å². The Balaban J connectivity index is 2.24. The first-order chi connectivity index (χ1) is 9.66. The summed E-state index contributed by atoms with van der Waals surface area (Å²) < 4.78 is 0. The molecule has 2 aromatic carbocycles. The van der Waals surface area contributed by atoms with Gasteiger partial charge in [-0.3, -0.25) is 15.2 Å². The molecule has 0 unspecified atom stereocenters. The number of amides is 1. The normalized spacial score (nSPS) is 10.3. The molecule has 0 aliphatic carbocycles. The molecule has 104 valence electrons. The summed E-state index contributed by atoms with van der Waals surface area (Å²) in [5.41, 5.74) is 4.78. The molecule has 0 aliphatic heterocycles. The van der Waals surface area contributed by atoms with Crippen molar-refractivity contribution in [3.63, 3.8) is 0 Å². The van der Waals surface area contributed by atoms with E-state index in [9.17, 15) is 4.79 Å². The van der Waals surface area contributed by atoms with Crippen molar-refractivity contribution in [3.05, 3.63) is 60.7 Å². The molecule has 0 saturated heterocycles. The Morgan fingerprint density at radius 2 is 1.35 bits per heavy atom. The molecule has 2 rings (SSSR count). The van der Waals surface area contributed by atoms with E-state index < -0.39 is 0 Å². The van der Waals surface area contributed by atoms with E-state index in [1.165, 1.54) is 0 Å². The number of hydrogen-bond donors (Lipinski definition) is 1. The Hall–Kier alpha value is -2.33. The van der Waals surface area contributed by atoms with E-state index >= 15 is 0 Å². The van der Waals surface area contributed by atoms with Gasteiger partial charge in [0.05, 0.1) is 17.9 Å². The van der Waals surface area contributed by atoms with E-state index in [0.29, 0.717) is 6.54 Å². The fraction of sp³-hybridized carbons (Fsp3) is 0.188. The summed E-state index contributed by atoms with van der Waals surface area (Å²) in [4.78, 5) is 13.9. The number of benzene rings is 2. The van der Waals surface area contributed by atoms with E-state index in [1.807, 2.05) is 79.7 Å². The number of likely N-dealkylation sites (N-methyl/N-ethyl adjacent to an activating group) is 1. The van der Waals surface area contributed by atoms with Crippen molar-refractivity contribution in [3.8, 4) is 0 Å². The number of hydrogen-bond acceptors (Lipinski definition) is 3. The van der Waals surface area contributed by atoms with Crippen LogP contribution in [-0.2, 0) is 4.79 Å². The molecule has 0 atom stereocenters. The Morgan fingerprint density at radius 3 is 1.75 bits per heavy atom. The molecule has 1 amide bonds. The summed E-state index contributed by atoms with van der Waals surface area (Å²) >= 11 is 0. The van der Waals surface area contributed by atoms with Crippen molar-refractivity contribution in [2.24, 2.45) is 0 Å². The maximum absolute atomic E-state index is 12.0. The molecule has 2 aromatic rings. The number of para-hydroxylation sites is 2. The molecular weight excluding hydrogens is 250 g/mol. The molecule has 1 N–H and O–H groups in total. The predicted octanol–water partition coefficient (Wildman–Crippen LogP) is 2.42. The van der Waals surface area contributed by atoms with Crippen molar-refractivity contribution in [2.45, 2.75) is 0 Å². The van der Waals surface area contributed by atoms with Gasteiger partial charge in [-0.2, -0.15) is 0 Å². The summed E-state index contributed by atoms with van der Waals surface area (Å²) in [6, 6.07) is 19.5. The topological polar surface area (TPSA) is 35.6 Å². The van der Waals surface area contributed by atoms with Gasteiger partial charge in [-0.15, -0.1) is 0 Å². The number of carbonyl (C=O) groups is 1.